The van der Waals surface area contributed by atoms with Gasteiger partial charge in [-0.1, -0.05) is 30.3 Å². The van der Waals surface area contributed by atoms with Crippen molar-refractivity contribution in [1.82, 2.24) is 4.72 Å². The molecule has 2 aliphatic heterocycles. The maximum Gasteiger partial charge on any atom is 0.299 e. The standard InChI is InChI=1S/C24H30FN3O5S/c1-24(2)22(17-7-9-18(10-8-17)28-12-15-32-16-13-28)34(30,31)27-23(33-24)26-21(11-14-29)19-5-3-4-6-20(19)25/h3-10,21-22,29H,11-16H2,1-2H3,(H,26,27)/t21-,22?/m0/s1. The van der Waals surface area contributed by atoms with Crippen molar-refractivity contribution in [2.75, 3.05) is 37.8 Å². The molecular weight excluding hydrogens is 461 g/mol. The molecule has 2 atom stereocenters. The molecule has 0 amide bonds. The third-order valence-electron chi connectivity index (χ3n) is 6.04. The van der Waals surface area contributed by atoms with Gasteiger partial charge in [-0.15, -0.1) is 0 Å². The second kappa shape index (κ2) is 9.89. The number of aliphatic hydroxyl groups is 1. The van der Waals surface area contributed by atoms with Gasteiger partial charge < -0.3 is 19.5 Å². The van der Waals surface area contributed by atoms with E-state index in [1.165, 1.54) is 6.07 Å². The summed E-state index contributed by atoms with van der Waals surface area (Å²) in [7, 11) is -3.92. The van der Waals surface area contributed by atoms with E-state index in [1.807, 2.05) is 12.1 Å². The van der Waals surface area contributed by atoms with E-state index < -0.39 is 32.7 Å². The van der Waals surface area contributed by atoms with Crippen LogP contribution in [0.15, 0.2) is 53.5 Å². The highest BCUT2D eigenvalue weighted by atomic mass is 32.2. The molecule has 2 heterocycles. The number of nitrogens with zero attached hydrogens (tertiary/aromatic N) is 2. The summed E-state index contributed by atoms with van der Waals surface area (Å²) in [5.41, 5.74) is 0.702. The Bertz CT molecular complexity index is 1130. The van der Waals surface area contributed by atoms with E-state index in [0.29, 0.717) is 18.8 Å². The van der Waals surface area contributed by atoms with Crippen LogP contribution >= 0.6 is 0 Å². The fraction of sp³-hybridized carbons (Fsp3) is 0.458. The molecule has 0 radical (unpaired) electrons. The lowest BCUT2D eigenvalue weighted by Crippen LogP contribution is -2.53. The molecule has 8 nitrogen and oxygen atoms in total. The number of rotatable bonds is 6. The molecular formula is C24H30FN3O5S. The molecule has 2 aliphatic rings. The van der Waals surface area contributed by atoms with Crippen LogP contribution in [0.3, 0.4) is 0 Å². The van der Waals surface area contributed by atoms with Crippen LogP contribution in [0, 0.1) is 5.82 Å². The number of aliphatic imine (C=N–C) groups is 1. The summed E-state index contributed by atoms with van der Waals surface area (Å²) >= 11 is 0. The first-order valence-corrected chi connectivity index (χ1v) is 12.8. The van der Waals surface area contributed by atoms with E-state index in [2.05, 4.69) is 14.6 Å². The van der Waals surface area contributed by atoms with E-state index in [1.54, 1.807) is 44.2 Å². The first-order valence-electron chi connectivity index (χ1n) is 11.3. The van der Waals surface area contributed by atoms with E-state index in [4.69, 9.17) is 9.47 Å². The molecule has 2 aromatic rings. The summed E-state index contributed by atoms with van der Waals surface area (Å²) in [5, 5.41) is 8.47. The van der Waals surface area contributed by atoms with Crippen molar-refractivity contribution in [1.29, 1.82) is 0 Å². The van der Waals surface area contributed by atoms with E-state index in [0.717, 1.165) is 18.8 Å². The number of hydrogen-bond acceptors (Lipinski definition) is 7. The SMILES string of the molecule is CC1(C)OC(=N[C@@H](CCO)c2ccccc2F)NS(=O)(=O)C1c1ccc(N2CCOCC2)cc1. The van der Waals surface area contributed by atoms with Crippen molar-refractivity contribution in [3.63, 3.8) is 0 Å². The van der Waals surface area contributed by atoms with E-state index >= 15 is 0 Å². The minimum absolute atomic E-state index is 0.113. The molecule has 2 saturated heterocycles. The second-order valence-corrected chi connectivity index (χ2v) is 10.7. The predicted octanol–water partition coefficient (Wildman–Crippen LogP) is 2.91. The molecule has 2 N–H and O–H groups in total. The Morgan fingerprint density at radius 3 is 2.47 bits per heavy atom. The molecule has 0 spiro atoms. The highest BCUT2D eigenvalue weighted by Crippen LogP contribution is 2.39. The lowest BCUT2D eigenvalue weighted by atomic mass is 9.97. The van der Waals surface area contributed by atoms with Crippen molar-refractivity contribution in [2.24, 2.45) is 4.99 Å². The molecule has 0 aromatic heterocycles. The zero-order valence-corrected chi connectivity index (χ0v) is 20.1. The smallest absolute Gasteiger partial charge is 0.299 e. The molecule has 0 aliphatic carbocycles. The largest absolute Gasteiger partial charge is 0.457 e. The van der Waals surface area contributed by atoms with E-state index in [9.17, 15) is 17.9 Å². The second-order valence-electron chi connectivity index (χ2n) is 8.91. The molecule has 4 rings (SSSR count). The average Bonchev–Trinajstić information content (AvgIpc) is 2.79. The number of amidine groups is 1. The predicted molar refractivity (Wildman–Crippen MR) is 128 cm³/mol. The Morgan fingerprint density at radius 1 is 1.18 bits per heavy atom. The van der Waals surface area contributed by atoms with Crippen molar-refractivity contribution >= 4 is 21.7 Å². The van der Waals surface area contributed by atoms with Gasteiger partial charge in [-0.2, -0.15) is 0 Å². The zero-order valence-electron chi connectivity index (χ0n) is 19.3. The third-order valence-corrected chi connectivity index (χ3v) is 7.96. The van der Waals surface area contributed by atoms with Gasteiger partial charge in [0.05, 0.1) is 19.3 Å². The lowest BCUT2D eigenvalue weighted by Gasteiger charge is -2.39. The summed E-state index contributed by atoms with van der Waals surface area (Å²) in [6.45, 7) is 6.02. The number of anilines is 1. The van der Waals surface area contributed by atoms with Crippen LogP contribution in [-0.2, 0) is 19.5 Å². The topological polar surface area (TPSA) is 100 Å². The molecule has 10 heteroatoms. The number of sulfonamides is 1. The molecule has 34 heavy (non-hydrogen) atoms. The quantitative estimate of drug-likeness (QED) is 0.645. The fourth-order valence-corrected chi connectivity index (χ4v) is 6.26. The van der Waals surface area contributed by atoms with E-state index in [-0.39, 0.29) is 24.6 Å². The van der Waals surface area contributed by atoms with Crippen molar-refractivity contribution in [3.05, 3.63) is 65.5 Å². The average molecular weight is 492 g/mol. The van der Waals surface area contributed by atoms with Gasteiger partial charge in [0.2, 0.25) is 10.0 Å². The Balaban J connectivity index is 1.60. The summed E-state index contributed by atoms with van der Waals surface area (Å²) in [6.07, 6.45) is 0.113. The van der Waals surface area contributed by atoms with Crippen LogP contribution in [-0.4, -0.2) is 58.1 Å². The molecule has 2 fully saturated rings. The Hall–Kier alpha value is -2.69. The fourth-order valence-electron chi connectivity index (χ4n) is 4.49. The number of aliphatic hydroxyl groups excluding tert-OH is 1. The highest BCUT2D eigenvalue weighted by Gasteiger charge is 2.48. The summed E-state index contributed by atoms with van der Waals surface area (Å²) in [4.78, 5) is 6.53. The molecule has 1 unspecified atom stereocenters. The van der Waals surface area contributed by atoms with Gasteiger partial charge in [-0.05, 0) is 44.0 Å². The van der Waals surface area contributed by atoms with Gasteiger partial charge in [-0.25, -0.2) is 22.5 Å². The first kappa shape index (κ1) is 24.4. The van der Waals surface area contributed by atoms with Gasteiger partial charge in [0, 0.05) is 30.9 Å². The van der Waals surface area contributed by atoms with Gasteiger partial charge >= 0.3 is 0 Å². The van der Waals surface area contributed by atoms with Crippen LogP contribution in [0.5, 0.6) is 0 Å². The minimum atomic E-state index is -3.92. The maximum absolute atomic E-state index is 14.3. The molecule has 2 aromatic carbocycles. The summed E-state index contributed by atoms with van der Waals surface area (Å²) in [5.74, 6) is -0.485. The normalized spacial score (nSPS) is 23.7. The molecule has 184 valence electrons. The summed E-state index contributed by atoms with van der Waals surface area (Å²) in [6, 6.07) is 12.5. The van der Waals surface area contributed by atoms with Crippen LogP contribution in [0.2, 0.25) is 0 Å². The number of nitrogens with one attached hydrogen (secondary N) is 1. The Morgan fingerprint density at radius 2 is 1.85 bits per heavy atom. The monoisotopic (exact) mass is 491 g/mol. The van der Waals surface area contributed by atoms with Gasteiger partial charge in [0.1, 0.15) is 16.7 Å². The highest BCUT2D eigenvalue weighted by molar-refractivity contribution is 7.90. The van der Waals surface area contributed by atoms with Crippen molar-refractivity contribution in [2.45, 2.75) is 37.2 Å². The van der Waals surface area contributed by atoms with Gasteiger partial charge in [-0.3, -0.25) is 0 Å². The first-order chi connectivity index (χ1) is 16.2. The zero-order chi connectivity index (χ0) is 24.3. The number of ether oxygens (including phenoxy) is 2. The van der Waals surface area contributed by atoms with Crippen LogP contribution in [0.25, 0.3) is 0 Å². The van der Waals surface area contributed by atoms with Crippen LogP contribution in [0.1, 0.15) is 42.7 Å². The third kappa shape index (κ3) is 5.18. The molecule has 0 bridgehead atoms. The maximum atomic E-state index is 14.3. The van der Waals surface area contributed by atoms with Crippen LogP contribution < -0.4 is 9.62 Å². The van der Waals surface area contributed by atoms with Crippen molar-refractivity contribution < 1.29 is 27.4 Å². The number of halogens is 1. The lowest BCUT2D eigenvalue weighted by molar-refractivity contribution is 0.0758. The van der Waals surface area contributed by atoms with Crippen LogP contribution in [0.4, 0.5) is 10.1 Å². The van der Waals surface area contributed by atoms with Crippen molar-refractivity contribution in [3.8, 4) is 0 Å². The van der Waals surface area contributed by atoms with Gasteiger partial charge in [0.15, 0.2) is 0 Å². The number of benzene rings is 2. The Labute approximate surface area is 199 Å². The Kier molecular flexibility index (Phi) is 7.11. The number of morpholine rings is 1. The van der Waals surface area contributed by atoms with Gasteiger partial charge in [0.25, 0.3) is 6.02 Å². The summed E-state index contributed by atoms with van der Waals surface area (Å²) < 4.78 is 54.8. The minimum Gasteiger partial charge on any atom is -0.457 e. The number of hydrogen-bond donors (Lipinski definition) is 2. The molecule has 0 saturated carbocycles.